The second kappa shape index (κ2) is 8.25. The van der Waals surface area contributed by atoms with Gasteiger partial charge in [-0.2, -0.15) is 5.10 Å². The Labute approximate surface area is 160 Å². The molecule has 0 bridgehead atoms. The van der Waals surface area contributed by atoms with Gasteiger partial charge in [0.25, 0.3) is 0 Å². The molecule has 1 saturated heterocycles. The molecule has 2 aliphatic rings. The van der Waals surface area contributed by atoms with E-state index in [1.54, 1.807) is 6.20 Å². The molecule has 1 aliphatic carbocycles. The highest BCUT2D eigenvalue weighted by Gasteiger charge is 2.26. The number of carbonyl (C=O) groups excluding carboxylic acids is 1. The van der Waals surface area contributed by atoms with Crippen molar-refractivity contribution in [3.05, 3.63) is 30.5 Å². The van der Waals surface area contributed by atoms with E-state index in [9.17, 15) is 4.79 Å². The highest BCUT2D eigenvalue weighted by molar-refractivity contribution is 5.91. The van der Waals surface area contributed by atoms with Crippen LogP contribution >= 0.6 is 0 Å². The van der Waals surface area contributed by atoms with Crippen LogP contribution in [0.1, 0.15) is 57.3 Å². The predicted octanol–water partition coefficient (Wildman–Crippen LogP) is 3.07. The first-order valence-corrected chi connectivity index (χ1v) is 10.3. The highest BCUT2D eigenvalue weighted by atomic mass is 16.2. The summed E-state index contributed by atoms with van der Waals surface area (Å²) in [5.74, 6) is 2.34. The van der Waals surface area contributed by atoms with Crippen LogP contribution in [-0.4, -0.2) is 43.2 Å². The van der Waals surface area contributed by atoms with Gasteiger partial charge in [-0.3, -0.25) is 9.69 Å². The van der Waals surface area contributed by atoms with Crippen molar-refractivity contribution < 1.29 is 4.79 Å². The summed E-state index contributed by atoms with van der Waals surface area (Å²) in [6.45, 7) is 6.06. The molecule has 0 spiro atoms. The molecule has 1 saturated carbocycles. The first kappa shape index (κ1) is 18.2. The van der Waals surface area contributed by atoms with Gasteiger partial charge in [0.2, 0.25) is 5.91 Å². The maximum absolute atomic E-state index is 12.5. The van der Waals surface area contributed by atoms with Crippen LogP contribution in [0, 0.1) is 5.92 Å². The number of piperidine rings is 1. The van der Waals surface area contributed by atoms with E-state index in [4.69, 9.17) is 0 Å². The lowest BCUT2D eigenvalue weighted by Gasteiger charge is -2.32. The summed E-state index contributed by atoms with van der Waals surface area (Å²) in [5.41, 5.74) is 0. The van der Waals surface area contributed by atoms with Crippen LogP contribution in [0.25, 0.3) is 0 Å². The van der Waals surface area contributed by atoms with Gasteiger partial charge in [-0.25, -0.2) is 9.67 Å². The Morgan fingerprint density at radius 2 is 1.96 bits per heavy atom. The second-order valence-corrected chi connectivity index (χ2v) is 7.77. The number of likely N-dealkylation sites (tertiary alicyclic amines) is 1. The molecule has 0 aromatic carbocycles. The Morgan fingerprint density at radius 3 is 2.70 bits per heavy atom. The van der Waals surface area contributed by atoms with Crippen molar-refractivity contribution in [1.29, 1.82) is 0 Å². The maximum atomic E-state index is 12.5. The minimum absolute atomic E-state index is 0.165. The molecule has 1 N–H and O–H groups in total. The maximum Gasteiger partial charge on any atom is 0.228 e. The van der Waals surface area contributed by atoms with Crippen LogP contribution in [0.2, 0.25) is 0 Å². The van der Waals surface area contributed by atoms with Crippen molar-refractivity contribution in [3.63, 3.8) is 0 Å². The number of amides is 1. The van der Waals surface area contributed by atoms with Crippen LogP contribution < -0.4 is 5.32 Å². The summed E-state index contributed by atoms with van der Waals surface area (Å²) in [6.07, 6.45) is 12.2. The van der Waals surface area contributed by atoms with E-state index in [1.165, 1.54) is 12.8 Å². The molecule has 7 heteroatoms. The van der Waals surface area contributed by atoms with E-state index in [0.717, 1.165) is 63.5 Å². The number of imidazole rings is 1. The van der Waals surface area contributed by atoms with Crippen LogP contribution in [0.3, 0.4) is 0 Å². The van der Waals surface area contributed by atoms with Gasteiger partial charge < -0.3 is 9.88 Å². The van der Waals surface area contributed by atoms with Crippen molar-refractivity contribution >= 4 is 11.7 Å². The third-order valence-electron chi connectivity index (χ3n) is 6.06. The molecule has 2 fully saturated rings. The third kappa shape index (κ3) is 4.08. The van der Waals surface area contributed by atoms with Crippen LogP contribution in [0.15, 0.2) is 24.7 Å². The SMILES string of the molecule is CCn1ccnc1CN1CCC(n2nccc2NC(=O)C2CCCC2)CC1. The number of rotatable bonds is 6. The van der Waals surface area contributed by atoms with E-state index in [-0.39, 0.29) is 11.8 Å². The summed E-state index contributed by atoms with van der Waals surface area (Å²) in [5, 5.41) is 7.64. The molecule has 4 rings (SSSR count). The molecule has 0 radical (unpaired) electrons. The molecule has 0 atom stereocenters. The number of aromatic nitrogens is 4. The van der Waals surface area contributed by atoms with Crippen molar-refractivity contribution in [3.8, 4) is 0 Å². The number of nitrogens with zero attached hydrogens (tertiary/aromatic N) is 5. The average Bonchev–Trinajstić information content (AvgIpc) is 3.44. The minimum atomic E-state index is 0.165. The van der Waals surface area contributed by atoms with E-state index >= 15 is 0 Å². The molecule has 1 amide bonds. The number of hydrogen-bond donors (Lipinski definition) is 1. The topological polar surface area (TPSA) is 68.0 Å². The van der Waals surface area contributed by atoms with E-state index in [0.29, 0.717) is 6.04 Å². The van der Waals surface area contributed by atoms with Crippen molar-refractivity contribution in [2.24, 2.45) is 5.92 Å². The second-order valence-electron chi connectivity index (χ2n) is 7.77. The van der Waals surface area contributed by atoms with Gasteiger partial charge in [-0.05, 0) is 32.6 Å². The predicted molar refractivity (Wildman–Crippen MR) is 104 cm³/mol. The lowest BCUT2D eigenvalue weighted by molar-refractivity contribution is -0.119. The van der Waals surface area contributed by atoms with Gasteiger partial charge in [0.1, 0.15) is 11.6 Å². The molecular formula is C20H30N6O. The Hall–Kier alpha value is -2.15. The minimum Gasteiger partial charge on any atom is -0.334 e. The van der Waals surface area contributed by atoms with Gasteiger partial charge in [0.05, 0.1) is 18.8 Å². The monoisotopic (exact) mass is 370 g/mol. The molecule has 27 heavy (non-hydrogen) atoms. The van der Waals surface area contributed by atoms with Gasteiger partial charge in [-0.15, -0.1) is 0 Å². The summed E-state index contributed by atoms with van der Waals surface area (Å²) >= 11 is 0. The van der Waals surface area contributed by atoms with Gasteiger partial charge in [-0.1, -0.05) is 12.8 Å². The van der Waals surface area contributed by atoms with Crippen molar-refractivity contribution in [1.82, 2.24) is 24.2 Å². The normalized spacial score (nSPS) is 19.6. The quantitative estimate of drug-likeness (QED) is 0.848. The molecule has 0 unspecified atom stereocenters. The van der Waals surface area contributed by atoms with Crippen LogP contribution in [0.4, 0.5) is 5.82 Å². The first-order chi connectivity index (χ1) is 13.2. The average molecular weight is 371 g/mol. The molecule has 2 aromatic heterocycles. The Kier molecular flexibility index (Phi) is 5.57. The zero-order valence-electron chi connectivity index (χ0n) is 16.2. The summed E-state index contributed by atoms with van der Waals surface area (Å²) < 4.78 is 4.23. The zero-order valence-corrected chi connectivity index (χ0v) is 16.2. The van der Waals surface area contributed by atoms with Crippen LogP contribution in [0.5, 0.6) is 0 Å². The number of hydrogen-bond acceptors (Lipinski definition) is 4. The summed E-state index contributed by atoms with van der Waals surface area (Å²) in [6, 6.07) is 2.28. The number of aryl methyl sites for hydroxylation is 1. The van der Waals surface area contributed by atoms with Crippen LogP contribution in [-0.2, 0) is 17.9 Å². The number of anilines is 1. The standard InChI is InChI=1S/C20H30N6O/c1-2-25-14-11-21-19(25)15-24-12-8-17(9-13-24)26-18(7-10-22-26)23-20(27)16-5-3-4-6-16/h7,10-11,14,16-17H,2-6,8-9,12-13,15H2,1H3,(H,23,27). The van der Waals surface area contributed by atoms with Crippen molar-refractivity contribution in [2.45, 2.75) is 64.6 Å². The van der Waals surface area contributed by atoms with E-state index in [2.05, 4.69) is 31.8 Å². The fraction of sp³-hybridized carbons (Fsp3) is 0.650. The van der Waals surface area contributed by atoms with Crippen molar-refractivity contribution in [2.75, 3.05) is 18.4 Å². The Balaban J connectivity index is 1.33. The third-order valence-corrected chi connectivity index (χ3v) is 6.06. The van der Waals surface area contributed by atoms with Gasteiger partial charge in [0, 0.05) is 44.0 Å². The summed E-state index contributed by atoms with van der Waals surface area (Å²) in [7, 11) is 0. The van der Waals surface area contributed by atoms with E-state index < -0.39 is 0 Å². The molecule has 7 nitrogen and oxygen atoms in total. The lowest BCUT2D eigenvalue weighted by atomic mass is 10.1. The molecule has 2 aromatic rings. The van der Waals surface area contributed by atoms with Gasteiger partial charge in [0.15, 0.2) is 0 Å². The fourth-order valence-electron chi connectivity index (χ4n) is 4.42. The lowest BCUT2D eigenvalue weighted by Crippen LogP contribution is -2.35. The fourth-order valence-corrected chi connectivity index (χ4v) is 4.42. The van der Waals surface area contributed by atoms with Gasteiger partial charge >= 0.3 is 0 Å². The Bertz CT molecular complexity index is 752. The molecular weight excluding hydrogens is 340 g/mol. The zero-order chi connectivity index (χ0) is 18.6. The smallest absolute Gasteiger partial charge is 0.228 e. The van der Waals surface area contributed by atoms with E-state index in [1.807, 2.05) is 23.1 Å². The Morgan fingerprint density at radius 1 is 1.19 bits per heavy atom. The number of carbonyl (C=O) groups is 1. The highest BCUT2D eigenvalue weighted by Crippen LogP contribution is 2.29. The number of nitrogens with one attached hydrogen (secondary N) is 1. The molecule has 1 aliphatic heterocycles. The summed E-state index contributed by atoms with van der Waals surface area (Å²) in [4.78, 5) is 19.4. The molecule has 3 heterocycles. The largest absolute Gasteiger partial charge is 0.334 e. The first-order valence-electron chi connectivity index (χ1n) is 10.3. The molecule has 146 valence electrons.